The van der Waals surface area contributed by atoms with Gasteiger partial charge in [-0.1, -0.05) is 23.2 Å². The first-order valence-corrected chi connectivity index (χ1v) is 7.54. The largest absolute Gasteiger partial charge is 0.359 e. The number of amides is 1. The van der Waals surface area contributed by atoms with E-state index >= 15 is 0 Å². The lowest BCUT2D eigenvalue weighted by molar-refractivity contribution is -0.384. The number of non-ortho nitro benzene ring substituents is 1. The third-order valence-corrected chi connectivity index (χ3v) is 3.57. The number of nitrogens with zero attached hydrogens (tertiary/aromatic N) is 2. The van der Waals surface area contributed by atoms with Gasteiger partial charge in [-0.15, -0.1) is 0 Å². The van der Waals surface area contributed by atoms with Crippen molar-refractivity contribution in [3.8, 4) is 6.07 Å². The van der Waals surface area contributed by atoms with Crippen molar-refractivity contribution in [1.29, 1.82) is 5.26 Å². The number of carbonyl (C=O) groups is 1. The van der Waals surface area contributed by atoms with Crippen LogP contribution in [0, 0.1) is 21.4 Å². The molecule has 0 aliphatic heterocycles. The number of hydrogen-bond acceptors (Lipinski definition) is 5. The molecule has 0 bridgehead atoms. The normalized spacial score (nSPS) is 10.7. The van der Waals surface area contributed by atoms with Crippen LogP contribution in [0.2, 0.25) is 10.0 Å². The molecule has 25 heavy (non-hydrogen) atoms. The molecule has 2 aromatic carbocycles. The third-order valence-electron chi connectivity index (χ3n) is 3.00. The van der Waals surface area contributed by atoms with E-state index in [1.165, 1.54) is 30.5 Å². The van der Waals surface area contributed by atoms with Crippen molar-refractivity contribution in [3.05, 3.63) is 74.4 Å². The molecule has 126 valence electrons. The standard InChI is InChI=1S/C16H10Cl2N4O3/c17-11-1-6-14(18)15(7-11)20-9-10(8-19)16(23)21-12-2-4-13(5-3-12)22(24)25/h1-7,9,20H,(H,21,23)/b10-9-. The predicted octanol–water partition coefficient (Wildman–Crippen LogP) is 4.36. The predicted molar refractivity (Wildman–Crippen MR) is 95.5 cm³/mol. The van der Waals surface area contributed by atoms with Crippen LogP contribution in [-0.2, 0) is 4.79 Å². The van der Waals surface area contributed by atoms with Gasteiger partial charge in [-0.3, -0.25) is 14.9 Å². The fourth-order valence-corrected chi connectivity index (χ4v) is 2.12. The highest BCUT2D eigenvalue weighted by atomic mass is 35.5. The zero-order chi connectivity index (χ0) is 18.4. The summed E-state index contributed by atoms with van der Waals surface area (Å²) < 4.78 is 0. The summed E-state index contributed by atoms with van der Waals surface area (Å²) in [4.78, 5) is 22.1. The Kier molecular flexibility index (Phi) is 5.95. The summed E-state index contributed by atoms with van der Waals surface area (Å²) in [5, 5.41) is 25.7. The Hall–Kier alpha value is -3.08. The molecule has 0 aliphatic carbocycles. The number of hydrogen-bond donors (Lipinski definition) is 2. The van der Waals surface area contributed by atoms with Gasteiger partial charge in [0.25, 0.3) is 11.6 Å². The van der Waals surface area contributed by atoms with Crippen LogP contribution < -0.4 is 10.6 Å². The molecule has 0 atom stereocenters. The summed E-state index contributed by atoms with van der Waals surface area (Å²) in [6.45, 7) is 0. The number of nitrogens with one attached hydrogen (secondary N) is 2. The molecule has 9 heteroatoms. The van der Waals surface area contributed by atoms with Crippen LogP contribution in [0.15, 0.2) is 54.2 Å². The lowest BCUT2D eigenvalue weighted by Gasteiger charge is -2.06. The molecule has 0 aliphatic rings. The highest BCUT2D eigenvalue weighted by molar-refractivity contribution is 6.35. The van der Waals surface area contributed by atoms with Crippen LogP contribution >= 0.6 is 23.2 Å². The van der Waals surface area contributed by atoms with Gasteiger partial charge in [-0.25, -0.2) is 0 Å². The number of rotatable bonds is 5. The lowest BCUT2D eigenvalue weighted by Crippen LogP contribution is -2.14. The average Bonchev–Trinajstić information content (AvgIpc) is 2.58. The summed E-state index contributed by atoms with van der Waals surface area (Å²) >= 11 is 11.8. The Labute approximate surface area is 152 Å². The van der Waals surface area contributed by atoms with Crippen molar-refractivity contribution < 1.29 is 9.72 Å². The van der Waals surface area contributed by atoms with Crippen LogP contribution in [0.3, 0.4) is 0 Å². The van der Waals surface area contributed by atoms with Crippen molar-refractivity contribution in [3.63, 3.8) is 0 Å². The minimum absolute atomic E-state index is 0.105. The van der Waals surface area contributed by atoms with E-state index < -0.39 is 10.8 Å². The van der Waals surface area contributed by atoms with Crippen LogP contribution in [0.1, 0.15) is 0 Å². The molecule has 2 rings (SSSR count). The second-order valence-corrected chi connectivity index (χ2v) is 5.54. The lowest BCUT2D eigenvalue weighted by atomic mass is 10.2. The average molecular weight is 377 g/mol. The van der Waals surface area contributed by atoms with Crippen molar-refractivity contribution >= 4 is 46.2 Å². The number of nitro benzene ring substituents is 1. The van der Waals surface area contributed by atoms with Crippen molar-refractivity contribution in [2.75, 3.05) is 10.6 Å². The minimum Gasteiger partial charge on any atom is -0.359 e. The molecule has 2 N–H and O–H groups in total. The Morgan fingerprint density at radius 1 is 1.20 bits per heavy atom. The minimum atomic E-state index is -0.679. The topological polar surface area (TPSA) is 108 Å². The highest BCUT2D eigenvalue weighted by Crippen LogP contribution is 2.25. The summed E-state index contributed by atoms with van der Waals surface area (Å²) in [5.74, 6) is -0.679. The van der Waals surface area contributed by atoms with Gasteiger partial charge in [-0.2, -0.15) is 5.26 Å². The number of anilines is 2. The second kappa shape index (κ2) is 8.15. The zero-order valence-corrected chi connectivity index (χ0v) is 14.0. The molecule has 0 spiro atoms. The smallest absolute Gasteiger partial charge is 0.269 e. The molecule has 0 unspecified atom stereocenters. The molecule has 1 amide bonds. The molecule has 0 fully saturated rings. The van der Waals surface area contributed by atoms with E-state index in [0.717, 1.165) is 0 Å². The van der Waals surface area contributed by atoms with Gasteiger partial charge in [0, 0.05) is 29.0 Å². The van der Waals surface area contributed by atoms with E-state index in [0.29, 0.717) is 21.4 Å². The maximum absolute atomic E-state index is 12.1. The van der Waals surface area contributed by atoms with Crippen molar-refractivity contribution in [2.24, 2.45) is 0 Å². The Balaban J connectivity index is 2.11. The number of halogens is 2. The van der Waals surface area contributed by atoms with E-state index in [9.17, 15) is 14.9 Å². The van der Waals surface area contributed by atoms with Crippen molar-refractivity contribution in [2.45, 2.75) is 0 Å². The molecule has 0 aromatic heterocycles. The van der Waals surface area contributed by atoms with E-state index in [-0.39, 0.29) is 11.3 Å². The zero-order valence-electron chi connectivity index (χ0n) is 12.5. The Bertz CT molecular complexity index is 889. The van der Waals surface area contributed by atoms with Gasteiger partial charge in [-0.05, 0) is 30.3 Å². The molecule has 0 saturated carbocycles. The quantitative estimate of drug-likeness (QED) is 0.348. The fraction of sp³-hybridized carbons (Fsp3) is 0. The Morgan fingerprint density at radius 3 is 2.48 bits per heavy atom. The maximum Gasteiger partial charge on any atom is 0.269 e. The maximum atomic E-state index is 12.1. The van der Waals surface area contributed by atoms with Crippen LogP contribution in [0.5, 0.6) is 0 Å². The number of nitriles is 1. The number of nitro groups is 1. The SMILES string of the molecule is N#C/C(=C/Nc1cc(Cl)ccc1Cl)C(=O)Nc1ccc([N+](=O)[O-])cc1. The molecular weight excluding hydrogens is 367 g/mol. The van der Waals surface area contributed by atoms with E-state index in [2.05, 4.69) is 10.6 Å². The summed E-state index contributed by atoms with van der Waals surface area (Å²) in [6.07, 6.45) is 1.19. The summed E-state index contributed by atoms with van der Waals surface area (Å²) in [7, 11) is 0. The monoisotopic (exact) mass is 376 g/mol. The van der Waals surface area contributed by atoms with Gasteiger partial charge in [0.05, 0.1) is 15.6 Å². The molecule has 0 radical (unpaired) electrons. The van der Waals surface area contributed by atoms with Crippen LogP contribution in [0.4, 0.5) is 17.1 Å². The van der Waals surface area contributed by atoms with Gasteiger partial charge >= 0.3 is 0 Å². The van der Waals surface area contributed by atoms with Gasteiger partial charge in [0.1, 0.15) is 11.6 Å². The van der Waals surface area contributed by atoms with E-state index in [1.54, 1.807) is 24.3 Å². The molecular formula is C16H10Cl2N4O3. The molecule has 0 saturated heterocycles. The summed E-state index contributed by atoms with van der Waals surface area (Å²) in [6, 6.07) is 11.7. The second-order valence-electron chi connectivity index (χ2n) is 4.70. The molecule has 0 heterocycles. The highest BCUT2D eigenvalue weighted by Gasteiger charge is 2.11. The van der Waals surface area contributed by atoms with Gasteiger partial charge < -0.3 is 10.6 Å². The number of carbonyl (C=O) groups excluding carboxylic acids is 1. The van der Waals surface area contributed by atoms with Crippen LogP contribution in [-0.4, -0.2) is 10.8 Å². The number of benzene rings is 2. The van der Waals surface area contributed by atoms with Crippen molar-refractivity contribution in [1.82, 2.24) is 0 Å². The van der Waals surface area contributed by atoms with Crippen LogP contribution in [0.25, 0.3) is 0 Å². The summed E-state index contributed by atoms with van der Waals surface area (Å²) in [5.41, 5.74) is 0.434. The van der Waals surface area contributed by atoms with Gasteiger partial charge in [0.15, 0.2) is 0 Å². The third kappa shape index (κ3) is 4.94. The first kappa shape index (κ1) is 18.3. The molecule has 7 nitrogen and oxygen atoms in total. The first-order chi connectivity index (χ1) is 11.9. The molecule has 2 aromatic rings. The van der Waals surface area contributed by atoms with E-state index in [1.807, 2.05) is 0 Å². The Morgan fingerprint density at radius 2 is 1.88 bits per heavy atom. The fourth-order valence-electron chi connectivity index (χ4n) is 1.77. The van der Waals surface area contributed by atoms with Gasteiger partial charge in [0.2, 0.25) is 0 Å². The van der Waals surface area contributed by atoms with E-state index in [4.69, 9.17) is 28.5 Å². The first-order valence-electron chi connectivity index (χ1n) is 6.78.